The van der Waals surface area contributed by atoms with E-state index in [0.717, 1.165) is 16.8 Å². The highest BCUT2D eigenvalue weighted by Crippen LogP contribution is 2.19. The summed E-state index contributed by atoms with van der Waals surface area (Å²) in [6.07, 6.45) is -0.195. The van der Waals surface area contributed by atoms with Crippen LogP contribution in [0.2, 0.25) is 0 Å². The van der Waals surface area contributed by atoms with Gasteiger partial charge in [0.15, 0.2) is 6.23 Å². The summed E-state index contributed by atoms with van der Waals surface area (Å²) in [5.74, 6) is 0.824. The Morgan fingerprint density at radius 1 is 1.00 bits per heavy atom. The number of benzene rings is 2. The summed E-state index contributed by atoms with van der Waals surface area (Å²) >= 11 is 0. The van der Waals surface area contributed by atoms with Crippen molar-refractivity contribution >= 4 is 11.0 Å². The van der Waals surface area contributed by atoms with Crippen molar-refractivity contribution < 1.29 is 4.74 Å². The first-order valence-electron chi connectivity index (χ1n) is 5.86. The summed E-state index contributed by atoms with van der Waals surface area (Å²) in [5, 5.41) is 8.25. The van der Waals surface area contributed by atoms with Crippen LogP contribution in [0.25, 0.3) is 11.0 Å². The molecule has 3 rings (SSSR count). The summed E-state index contributed by atoms with van der Waals surface area (Å²) < 4.78 is 7.61. The van der Waals surface area contributed by atoms with Gasteiger partial charge in [0.2, 0.25) is 0 Å². The summed E-state index contributed by atoms with van der Waals surface area (Å²) in [7, 11) is 0. The third kappa shape index (κ3) is 1.93. The van der Waals surface area contributed by atoms with Crippen LogP contribution in [0.1, 0.15) is 13.2 Å². The first-order valence-corrected chi connectivity index (χ1v) is 5.86. The third-order valence-electron chi connectivity index (χ3n) is 2.77. The molecular weight excluding hydrogens is 226 g/mol. The lowest BCUT2D eigenvalue weighted by molar-refractivity contribution is 0.140. The van der Waals surface area contributed by atoms with E-state index in [1.54, 1.807) is 4.68 Å². The number of nitrogens with zero attached hydrogens (tertiary/aromatic N) is 3. The van der Waals surface area contributed by atoms with Crippen molar-refractivity contribution in [2.75, 3.05) is 0 Å². The van der Waals surface area contributed by atoms with E-state index >= 15 is 0 Å². The number of fused-ring (bicyclic) bond motifs is 1. The van der Waals surface area contributed by atoms with Crippen molar-refractivity contribution in [3.63, 3.8) is 0 Å². The Balaban J connectivity index is 1.90. The predicted molar refractivity (Wildman–Crippen MR) is 69.3 cm³/mol. The fraction of sp³-hybridized carbons (Fsp3) is 0.143. The Kier molecular flexibility index (Phi) is 2.68. The average molecular weight is 239 g/mol. The van der Waals surface area contributed by atoms with Gasteiger partial charge in [-0.15, -0.1) is 5.10 Å². The highest BCUT2D eigenvalue weighted by atomic mass is 16.5. The monoisotopic (exact) mass is 239 g/mol. The standard InChI is InChI=1S/C14H13N3O/c1-11(18-12-7-3-2-4-8-12)17-14-10-6-5-9-13(14)15-16-17/h2-11H,1H3. The minimum atomic E-state index is -0.195. The lowest BCUT2D eigenvalue weighted by Crippen LogP contribution is -2.13. The predicted octanol–water partition coefficient (Wildman–Crippen LogP) is 3.03. The largest absolute Gasteiger partial charge is 0.469 e. The number of rotatable bonds is 3. The second kappa shape index (κ2) is 4.49. The number of ether oxygens (including phenoxy) is 1. The summed E-state index contributed by atoms with van der Waals surface area (Å²) in [4.78, 5) is 0. The van der Waals surface area contributed by atoms with E-state index in [4.69, 9.17) is 4.74 Å². The maximum absolute atomic E-state index is 5.83. The van der Waals surface area contributed by atoms with E-state index < -0.39 is 0 Å². The van der Waals surface area contributed by atoms with Crippen molar-refractivity contribution in [2.24, 2.45) is 0 Å². The van der Waals surface area contributed by atoms with Crippen molar-refractivity contribution in [1.82, 2.24) is 15.0 Å². The van der Waals surface area contributed by atoms with Gasteiger partial charge in [-0.25, -0.2) is 4.68 Å². The smallest absolute Gasteiger partial charge is 0.191 e. The Labute approximate surface area is 105 Å². The molecule has 1 unspecified atom stereocenters. The molecule has 90 valence electrons. The van der Waals surface area contributed by atoms with Gasteiger partial charge in [0.1, 0.15) is 11.3 Å². The van der Waals surface area contributed by atoms with Crippen molar-refractivity contribution in [2.45, 2.75) is 13.2 Å². The normalized spacial score (nSPS) is 12.5. The maximum atomic E-state index is 5.83. The molecule has 4 heteroatoms. The van der Waals surface area contributed by atoms with E-state index in [-0.39, 0.29) is 6.23 Å². The van der Waals surface area contributed by atoms with Gasteiger partial charge in [-0.05, 0) is 31.2 Å². The molecule has 2 aromatic carbocycles. The number of aromatic nitrogens is 3. The number of hydrogen-bond donors (Lipinski definition) is 0. The first kappa shape index (κ1) is 10.8. The molecule has 3 aromatic rings. The molecule has 0 spiro atoms. The molecule has 1 aromatic heterocycles. The van der Waals surface area contributed by atoms with Crippen LogP contribution in [0, 0.1) is 0 Å². The van der Waals surface area contributed by atoms with E-state index in [9.17, 15) is 0 Å². The first-order chi connectivity index (χ1) is 8.84. The van der Waals surface area contributed by atoms with Gasteiger partial charge < -0.3 is 4.74 Å². The van der Waals surface area contributed by atoms with Crippen LogP contribution in [0.5, 0.6) is 5.75 Å². The molecular formula is C14H13N3O. The molecule has 4 nitrogen and oxygen atoms in total. The minimum absolute atomic E-state index is 0.195. The van der Waals surface area contributed by atoms with Crippen LogP contribution in [0.15, 0.2) is 54.6 Å². The molecule has 18 heavy (non-hydrogen) atoms. The Bertz CT molecular complexity index is 648. The van der Waals surface area contributed by atoms with Crippen LogP contribution in [0.3, 0.4) is 0 Å². The molecule has 0 radical (unpaired) electrons. The molecule has 0 aliphatic carbocycles. The highest BCUT2D eigenvalue weighted by molar-refractivity contribution is 5.73. The zero-order valence-corrected chi connectivity index (χ0v) is 10.0. The topological polar surface area (TPSA) is 39.9 Å². The minimum Gasteiger partial charge on any atom is -0.469 e. The second-order valence-corrected chi connectivity index (χ2v) is 4.05. The molecule has 0 bridgehead atoms. The molecule has 0 aliphatic heterocycles. The quantitative estimate of drug-likeness (QED) is 0.705. The summed E-state index contributed by atoms with van der Waals surface area (Å²) in [6.45, 7) is 1.95. The molecule has 0 saturated carbocycles. The Hall–Kier alpha value is -2.36. The fourth-order valence-corrected chi connectivity index (χ4v) is 1.90. The molecule has 1 atom stereocenters. The van der Waals surface area contributed by atoms with Gasteiger partial charge >= 0.3 is 0 Å². The van der Waals surface area contributed by atoms with Gasteiger partial charge in [-0.1, -0.05) is 35.5 Å². The Morgan fingerprint density at radius 2 is 1.72 bits per heavy atom. The molecule has 0 saturated heterocycles. The molecule has 0 fully saturated rings. The van der Waals surface area contributed by atoms with Gasteiger partial charge in [0.05, 0.1) is 5.52 Å². The lowest BCUT2D eigenvalue weighted by atomic mass is 10.3. The summed E-state index contributed by atoms with van der Waals surface area (Å²) in [6, 6.07) is 17.5. The molecule has 0 amide bonds. The van der Waals surface area contributed by atoms with E-state index in [0.29, 0.717) is 0 Å². The van der Waals surface area contributed by atoms with E-state index in [1.807, 2.05) is 61.5 Å². The Morgan fingerprint density at radius 3 is 2.56 bits per heavy atom. The van der Waals surface area contributed by atoms with Crippen LogP contribution in [-0.2, 0) is 0 Å². The fourth-order valence-electron chi connectivity index (χ4n) is 1.90. The molecule has 0 aliphatic rings. The summed E-state index contributed by atoms with van der Waals surface area (Å²) in [5.41, 5.74) is 1.85. The third-order valence-corrected chi connectivity index (χ3v) is 2.77. The number of hydrogen-bond acceptors (Lipinski definition) is 3. The average Bonchev–Trinajstić information content (AvgIpc) is 2.84. The van der Waals surface area contributed by atoms with Crippen LogP contribution < -0.4 is 4.74 Å². The van der Waals surface area contributed by atoms with Crippen molar-refractivity contribution in [1.29, 1.82) is 0 Å². The van der Waals surface area contributed by atoms with Gasteiger partial charge in [0, 0.05) is 0 Å². The molecule has 0 N–H and O–H groups in total. The van der Waals surface area contributed by atoms with Crippen LogP contribution >= 0.6 is 0 Å². The van der Waals surface area contributed by atoms with E-state index in [1.165, 1.54) is 0 Å². The van der Waals surface area contributed by atoms with Crippen LogP contribution in [0.4, 0.5) is 0 Å². The zero-order valence-electron chi connectivity index (χ0n) is 10.0. The number of para-hydroxylation sites is 2. The van der Waals surface area contributed by atoms with Crippen molar-refractivity contribution in [3.05, 3.63) is 54.6 Å². The van der Waals surface area contributed by atoms with Gasteiger partial charge in [0.25, 0.3) is 0 Å². The molecule has 1 heterocycles. The maximum Gasteiger partial charge on any atom is 0.191 e. The van der Waals surface area contributed by atoms with E-state index in [2.05, 4.69) is 10.3 Å². The highest BCUT2D eigenvalue weighted by Gasteiger charge is 2.11. The second-order valence-electron chi connectivity index (χ2n) is 4.05. The SMILES string of the molecule is CC(Oc1ccccc1)n1nnc2ccccc21. The van der Waals surface area contributed by atoms with Gasteiger partial charge in [-0.2, -0.15) is 0 Å². The van der Waals surface area contributed by atoms with Crippen LogP contribution in [-0.4, -0.2) is 15.0 Å². The zero-order chi connectivity index (χ0) is 12.4. The van der Waals surface area contributed by atoms with Gasteiger partial charge in [-0.3, -0.25) is 0 Å². The lowest BCUT2D eigenvalue weighted by Gasteiger charge is -2.14. The van der Waals surface area contributed by atoms with Crippen molar-refractivity contribution in [3.8, 4) is 5.75 Å².